The van der Waals surface area contributed by atoms with Gasteiger partial charge >= 0.3 is 0 Å². The molecule has 0 aromatic rings. The van der Waals surface area contributed by atoms with E-state index in [-0.39, 0.29) is 0 Å². The standard InChI is InChI=1S/C14H22S2/c1(9-3-5-11-13(7-9)15-11)2-10-4-6-12-14(8-10)16-12/h9-14H,1-8H2. The summed E-state index contributed by atoms with van der Waals surface area (Å²) in [6.45, 7) is 0. The SMILES string of the molecule is C(CC1CCC2SC2C1)C1CCC2SC2C1. The molecular formula is C14H22S2. The molecule has 4 rings (SSSR count). The first-order valence-corrected chi connectivity index (χ1v) is 9.08. The smallest absolute Gasteiger partial charge is 0.0172 e. The Hall–Kier alpha value is 0.700. The molecule has 2 saturated heterocycles. The summed E-state index contributed by atoms with van der Waals surface area (Å²) in [6.07, 6.45) is 12.5. The molecule has 6 unspecified atom stereocenters. The average molecular weight is 254 g/mol. The zero-order valence-electron chi connectivity index (χ0n) is 9.94. The van der Waals surface area contributed by atoms with Gasteiger partial charge in [0.25, 0.3) is 0 Å². The fourth-order valence-electron chi connectivity index (χ4n) is 3.97. The van der Waals surface area contributed by atoms with E-state index in [1.807, 2.05) is 0 Å². The van der Waals surface area contributed by atoms with Crippen LogP contribution in [0.1, 0.15) is 51.4 Å². The van der Waals surface area contributed by atoms with E-state index < -0.39 is 0 Å². The molecule has 2 aliphatic heterocycles. The van der Waals surface area contributed by atoms with Gasteiger partial charge in [-0.3, -0.25) is 0 Å². The van der Waals surface area contributed by atoms with Crippen molar-refractivity contribution < 1.29 is 0 Å². The van der Waals surface area contributed by atoms with Crippen LogP contribution in [-0.2, 0) is 0 Å². The normalized spacial score (nSPS) is 54.0. The average Bonchev–Trinajstić information content (AvgIpc) is 3.19. The molecule has 0 radical (unpaired) electrons. The molecule has 4 aliphatic rings. The molecule has 0 aromatic heterocycles. The molecule has 0 bridgehead atoms. The Kier molecular flexibility index (Phi) is 2.73. The lowest BCUT2D eigenvalue weighted by atomic mass is 9.80. The van der Waals surface area contributed by atoms with Crippen molar-refractivity contribution >= 4 is 23.5 Å². The van der Waals surface area contributed by atoms with Crippen LogP contribution < -0.4 is 0 Å². The Bertz CT molecular complexity index is 250. The Morgan fingerprint density at radius 2 is 1.12 bits per heavy atom. The molecule has 2 heteroatoms. The van der Waals surface area contributed by atoms with E-state index in [2.05, 4.69) is 23.5 Å². The van der Waals surface area contributed by atoms with Gasteiger partial charge in [0.05, 0.1) is 0 Å². The molecule has 2 heterocycles. The molecule has 0 nitrogen and oxygen atoms in total. The van der Waals surface area contributed by atoms with Crippen molar-refractivity contribution in [2.24, 2.45) is 11.8 Å². The molecule has 0 N–H and O–H groups in total. The minimum atomic E-state index is 1.11. The van der Waals surface area contributed by atoms with Gasteiger partial charge in [0.1, 0.15) is 0 Å². The summed E-state index contributed by atoms with van der Waals surface area (Å²) in [4.78, 5) is 0. The summed E-state index contributed by atoms with van der Waals surface area (Å²) in [6, 6.07) is 0. The van der Waals surface area contributed by atoms with E-state index in [0.717, 1.165) is 32.8 Å². The second-order valence-electron chi connectivity index (χ2n) is 6.36. The molecule has 90 valence electrons. The van der Waals surface area contributed by atoms with E-state index >= 15 is 0 Å². The van der Waals surface area contributed by atoms with Crippen LogP contribution in [0.2, 0.25) is 0 Å². The van der Waals surface area contributed by atoms with Gasteiger partial charge in [-0.2, -0.15) is 23.5 Å². The van der Waals surface area contributed by atoms with Crippen LogP contribution in [-0.4, -0.2) is 21.0 Å². The van der Waals surface area contributed by atoms with E-state index in [1.54, 1.807) is 51.4 Å². The van der Waals surface area contributed by atoms with E-state index in [1.165, 1.54) is 0 Å². The number of fused-ring (bicyclic) bond motifs is 2. The van der Waals surface area contributed by atoms with Gasteiger partial charge in [-0.05, 0) is 50.4 Å². The van der Waals surface area contributed by atoms with Crippen LogP contribution in [0.4, 0.5) is 0 Å². The second kappa shape index (κ2) is 4.12. The predicted octanol–water partition coefficient (Wildman–Crippen LogP) is 4.33. The van der Waals surface area contributed by atoms with Gasteiger partial charge in [-0.15, -0.1) is 0 Å². The van der Waals surface area contributed by atoms with Crippen molar-refractivity contribution in [1.29, 1.82) is 0 Å². The second-order valence-corrected chi connectivity index (χ2v) is 9.33. The summed E-state index contributed by atoms with van der Waals surface area (Å²) in [7, 11) is 0. The Balaban J connectivity index is 1.22. The summed E-state index contributed by atoms with van der Waals surface area (Å²) >= 11 is 4.54. The molecular weight excluding hydrogens is 232 g/mol. The maximum absolute atomic E-state index is 2.27. The predicted molar refractivity (Wildman–Crippen MR) is 74.3 cm³/mol. The first-order valence-electron chi connectivity index (χ1n) is 7.19. The van der Waals surface area contributed by atoms with Gasteiger partial charge in [-0.1, -0.05) is 12.8 Å². The Labute approximate surface area is 108 Å². The Morgan fingerprint density at radius 1 is 0.625 bits per heavy atom. The quantitative estimate of drug-likeness (QED) is 0.687. The lowest BCUT2D eigenvalue weighted by Gasteiger charge is -2.24. The molecule has 2 saturated carbocycles. The summed E-state index contributed by atoms with van der Waals surface area (Å²) in [5.74, 6) is 2.22. The molecule has 0 aromatic carbocycles. The minimum Gasteiger partial charge on any atom is -0.153 e. The summed E-state index contributed by atoms with van der Waals surface area (Å²) in [5, 5.41) is 4.42. The maximum atomic E-state index is 2.27. The number of hydrogen-bond donors (Lipinski definition) is 0. The number of hydrogen-bond acceptors (Lipinski definition) is 2. The van der Waals surface area contributed by atoms with Crippen molar-refractivity contribution in [1.82, 2.24) is 0 Å². The largest absolute Gasteiger partial charge is 0.153 e. The number of rotatable bonds is 3. The summed E-state index contributed by atoms with van der Waals surface area (Å²) < 4.78 is 0. The van der Waals surface area contributed by atoms with Gasteiger partial charge in [0.15, 0.2) is 0 Å². The van der Waals surface area contributed by atoms with E-state index in [0.29, 0.717) is 0 Å². The van der Waals surface area contributed by atoms with Crippen molar-refractivity contribution in [2.75, 3.05) is 0 Å². The monoisotopic (exact) mass is 254 g/mol. The van der Waals surface area contributed by atoms with Crippen LogP contribution in [0.25, 0.3) is 0 Å². The van der Waals surface area contributed by atoms with E-state index in [9.17, 15) is 0 Å². The maximum Gasteiger partial charge on any atom is 0.0172 e. The highest BCUT2D eigenvalue weighted by Crippen LogP contribution is 2.55. The third-order valence-electron chi connectivity index (χ3n) is 5.21. The van der Waals surface area contributed by atoms with Crippen LogP contribution >= 0.6 is 23.5 Å². The molecule has 0 spiro atoms. The first-order chi connectivity index (χ1) is 7.88. The lowest BCUT2D eigenvalue weighted by Crippen LogP contribution is -2.17. The van der Waals surface area contributed by atoms with E-state index in [4.69, 9.17) is 0 Å². The molecule has 0 amide bonds. The van der Waals surface area contributed by atoms with Gasteiger partial charge < -0.3 is 0 Å². The zero-order valence-corrected chi connectivity index (χ0v) is 11.6. The number of thioether (sulfide) groups is 2. The van der Waals surface area contributed by atoms with Crippen LogP contribution in [0.15, 0.2) is 0 Å². The van der Waals surface area contributed by atoms with Crippen LogP contribution in [0.5, 0.6) is 0 Å². The highest BCUT2D eigenvalue weighted by Gasteiger charge is 2.44. The van der Waals surface area contributed by atoms with Crippen molar-refractivity contribution in [3.63, 3.8) is 0 Å². The van der Waals surface area contributed by atoms with Gasteiger partial charge in [0, 0.05) is 21.0 Å². The van der Waals surface area contributed by atoms with Crippen LogP contribution in [0, 0.1) is 11.8 Å². The molecule has 4 fully saturated rings. The topological polar surface area (TPSA) is 0 Å². The highest BCUT2D eigenvalue weighted by atomic mass is 32.2. The van der Waals surface area contributed by atoms with Crippen molar-refractivity contribution in [2.45, 2.75) is 72.4 Å². The first kappa shape index (κ1) is 10.6. The lowest BCUT2D eigenvalue weighted by molar-refractivity contribution is 0.299. The van der Waals surface area contributed by atoms with Crippen LogP contribution in [0.3, 0.4) is 0 Å². The van der Waals surface area contributed by atoms with Crippen molar-refractivity contribution in [3.05, 3.63) is 0 Å². The van der Waals surface area contributed by atoms with Gasteiger partial charge in [-0.25, -0.2) is 0 Å². The van der Waals surface area contributed by atoms with Crippen molar-refractivity contribution in [3.8, 4) is 0 Å². The van der Waals surface area contributed by atoms with Gasteiger partial charge in [0.2, 0.25) is 0 Å². The zero-order chi connectivity index (χ0) is 10.5. The highest BCUT2D eigenvalue weighted by molar-refractivity contribution is 8.07. The summed E-state index contributed by atoms with van der Waals surface area (Å²) in [5.41, 5.74) is 0. The fraction of sp³-hybridized carbons (Fsp3) is 1.00. The third kappa shape index (κ3) is 2.16. The fourth-order valence-corrected chi connectivity index (χ4v) is 6.49. The molecule has 6 atom stereocenters. The third-order valence-corrected chi connectivity index (χ3v) is 8.15. The minimum absolute atomic E-state index is 1.11. The Morgan fingerprint density at radius 3 is 1.56 bits per heavy atom. The molecule has 2 aliphatic carbocycles. The molecule has 16 heavy (non-hydrogen) atoms.